The number of carboxylic acids is 1. The highest BCUT2D eigenvalue weighted by molar-refractivity contribution is 5.76. The van der Waals surface area contributed by atoms with E-state index in [1.54, 1.807) is 11.1 Å². The number of aromatic nitrogens is 2. The van der Waals surface area contributed by atoms with Gasteiger partial charge in [-0.1, -0.05) is 0 Å². The molecule has 1 aliphatic carbocycles. The van der Waals surface area contributed by atoms with E-state index in [-0.39, 0.29) is 25.0 Å². The fourth-order valence-electron chi connectivity index (χ4n) is 1.88. The predicted octanol–water partition coefficient (Wildman–Crippen LogP) is 0.867. The van der Waals surface area contributed by atoms with Crippen LogP contribution >= 0.6 is 0 Å². The molecular formula is C12H18N4O3. The van der Waals surface area contributed by atoms with Crippen LogP contribution in [0.15, 0.2) is 6.20 Å². The second-order valence-electron chi connectivity index (χ2n) is 4.75. The lowest BCUT2D eigenvalue weighted by Crippen LogP contribution is -2.42. The molecular weight excluding hydrogens is 248 g/mol. The molecule has 0 aromatic carbocycles. The first-order chi connectivity index (χ1) is 9.08. The zero-order chi connectivity index (χ0) is 13.8. The summed E-state index contributed by atoms with van der Waals surface area (Å²) >= 11 is 0. The fraction of sp³-hybridized carbons (Fsp3) is 0.583. The van der Waals surface area contributed by atoms with Gasteiger partial charge in [0.15, 0.2) is 0 Å². The summed E-state index contributed by atoms with van der Waals surface area (Å²) in [5.74, 6) is -0.885. The number of carbonyl (C=O) groups excluding carboxylic acids is 1. The molecule has 1 heterocycles. The summed E-state index contributed by atoms with van der Waals surface area (Å²) in [6.45, 7) is 2.55. The molecule has 0 bridgehead atoms. The van der Waals surface area contributed by atoms with Crippen LogP contribution in [0.1, 0.15) is 30.5 Å². The number of aliphatic carboxylic acids is 1. The molecule has 0 aliphatic heterocycles. The number of hydrogen-bond acceptors (Lipinski definition) is 3. The van der Waals surface area contributed by atoms with Gasteiger partial charge < -0.3 is 15.3 Å². The summed E-state index contributed by atoms with van der Waals surface area (Å²) < 4.78 is 0. The number of H-pyrrole nitrogens is 1. The Morgan fingerprint density at radius 1 is 1.58 bits per heavy atom. The summed E-state index contributed by atoms with van der Waals surface area (Å²) in [5.41, 5.74) is 1.85. The summed E-state index contributed by atoms with van der Waals surface area (Å²) in [7, 11) is 0. The van der Waals surface area contributed by atoms with E-state index in [0.29, 0.717) is 6.54 Å². The number of nitrogens with one attached hydrogen (secondary N) is 2. The average molecular weight is 266 g/mol. The summed E-state index contributed by atoms with van der Waals surface area (Å²) in [4.78, 5) is 24.2. The molecule has 7 heteroatoms. The Bertz CT molecular complexity index is 467. The Kier molecular flexibility index (Phi) is 4.03. The van der Waals surface area contributed by atoms with Gasteiger partial charge in [-0.2, -0.15) is 5.10 Å². The van der Waals surface area contributed by atoms with Crippen LogP contribution < -0.4 is 5.32 Å². The first-order valence-electron chi connectivity index (χ1n) is 6.33. The van der Waals surface area contributed by atoms with E-state index in [1.807, 2.05) is 6.92 Å². The number of aryl methyl sites for hydroxylation is 1. The lowest BCUT2D eigenvalue weighted by molar-refractivity contribution is -0.137. The monoisotopic (exact) mass is 266 g/mol. The molecule has 2 amide bonds. The summed E-state index contributed by atoms with van der Waals surface area (Å²) in [6.07, 6.45) is 3.57. The van der Waals surface area contributed by atoms with E-state index in [9.17, 15) is 9.59 Å². The molecule has 1 aliphatic rings. The van der Waals surface area contributed by atoms with E-state index < -0.39 is 5.97 Å². The number of rotatable bonds is 6. The van der Waals surface area contributed by atoms with Crippen LogP contribution in [0.5, 0.6) is 0 Å². The quantitative estimate of drug-likeness (QED) is 0.711. The Balaban J connectivity index is 1.85. The van der Waals surface area contributed by atoms with Crippen molar-refractivity contribution in [2.24, 2.45) is 0 Å². The second-order valence-corrected chi connectivity index (χ2v) is 4.75. The SMILES string of the molecule is Cc1[nH]ncc1CNC(=O)N(CCC(=O)O)C1CC1. The average Bonchev–Trinajstić information content (AvgIpc) is 3.10. The van der Waals surface area contributed by atoms with E-state index in [0.717, 1.165) is 24.1 Å². The maximum atomic E-state index is 12.0. The van der Waals surface area contributed by atoms with E-state index in [2.05, 4.69) is 15.5 Å². The number of carboxylic acid groups (broad SMARTS) is 1. The van der Waals surface area contributed by atoms with Crippen molar-refractivity contribution in [1.82, 2.24) is 20.4 Å². The molecule has 3 N–H and O–H groups in total. The standard InChI is InChI=1S/C12H18N4O3/c1-8-9(7-14-15-8)6-13-12(19)16(10-2-3-10)5-4-11(17)18/h7,10H,2-6H2,1H3,(H,13,19)(H,14,15)(H,17,18). The van der Waals surface area contributed by atoms with Crippen LogP contribution in [0.3, 0.4) is 0 Å². The van der Waals surface area contributed by atoms with Gasteiger partial charge in [-0.15, -0.1) is 0 Å². The number of carbonyl (C=O) groups is 2. The Labute approximate surface area is 111 Å². The van der Waals surface area contributed by atoms with Gasteiger partial charge in [0.2, 0.25) is 0 Å². The van der Waals surface area contributed by atoms with E-state index >= 15 is 0 Å². The molecule has 1 saturated carbocycles. The van der Waals surface area contributed by atoms with Gasteiger partial charge in [0.1, 0.15) is 0 Å². The third kappa shape index (κ3) is 3.70. The Morgan fingerprint density at radius 2 is 2.32 bits per heavy atom. The molecule has 19 heavy (non-hydrogen) atoms. The first-order valence-corrected chi connectivity index (χ1v) is 6.33. The van der Waals surface area contributed by atoms with Crippen molar-refractivity contribution in [2.45, 2.75) is 38.8 Å². The molecule has 1 aromatic rings. The van der Waals surface area contributed by atoms with Crippen LogP contribution in [-0.4, -0.2) is 44.8 Å². The van der Waals surface area contributed by atoms with Crippen molar-refractivity contribution >= 4 is 12.0 Å². The topological polar surface area (TPSA) is 98.3 Å². The predicted molar refractivity (Wildman–Crippen MR) is 67.5 cm³/mol. The van der Waals surface area contributed by atoms with Gasteiger partial charge in [-0.3, -0.25) is 9.89 Å². The minimum atomic E-state index is -0.885. The van der Waals surface area contributed by atoms with Crippen LogP contribution in [0.4, 0.5) is 4.79 Å². The number of aromatic amines is 1. The molecule has 2 rings (SSSR count). The highest BCUT2D eigenvalue weighted by Gasteiger charge is 2.32. The number of urea groups is 1. The molecule has 0 spiro atoms. The van der Waals surface area contributed by atoms with Crippen molar-refractivity contribution in [1.29, 1.82) is 0 Å². The van der Waals surface area contributed by atoms with Crippen molar-refractivity contribution in [3.8, 4) is 0 Å². The molecule has 0 atom stereocenters. The zero-order valence-electron chi connectivity index (χ0n) is 10.8. The number of amides is 2. The molecule has 104 valence electrons. The zero-order valence-corrected chi connectivity index (χ0v) is 10.8. The fourth-order valence-corrected chi connectivity index (χ4v) is 1.88. The maximum absolute atomic E-state index is 12.0. The van der Waals surface area contributed by atoms with E-state index in [4.69, 9.17) is 5.11 Å². The summed E-state index contributed by atoms with van der Waals surface area (Å²) in [6, 6.07) is -0.00542. The van der Waals surface area contributed by atoms with Gasteiger partial charge in [-0.25, -0.2) is 4.79 Å². The molecule has 1 aromatic heterocycles. The number of nitrogens with zero attached hydrogens (tertiary/aromatic N) is 2. The number of hydrogen-bond donors (Lipinski definition) is 3. The maximum Gasteiger partial charge on any atom is 0.317 e. The third-order valence-electron chi connectivity index (χ3n) is 3.18. The lowest BCUT2D eigenvalue weighted by atomic mass is 10.2. The Morgan fingerprint density at radius 3 is 2.84 bits per heavy atom. The Hall–Kier alpha value is -2.05. The van der Waals surface area contributed by atoms with Crippen LogP contribution in [-0.2, 0) is 11.3 Å². The normalized spacial score (nSPS) is 14.2. The molecule has 0 saturated heterocycles. The van der Waals surface area contributed by atoms with Gasteiger partial charge >= 0.3 is 12.0 Å². The van der Waals surface area contributed by atoms with Crippen molar-refractivity contribution in [3.05, 3.63) is 17.5 Å². The second kappa shape index (κ2) is 5.73. The minimum absolute atomic E-state index is 0.0192. The van der Waals surface area contributed by atoms with Gasteiger partial charge in [0.05, 0.1) is 12.6 Å². The van der Waals surface area contributed by atoms with Gasteiger partial charge in [-0.05, 0) is 19.8 Å². The highest BCUT2D eigenvalue weighted by Crippen LogP contribution is 2.27. The van der Waals surface area contributed by atoms with Crippen molar-refractivity contribution in [2.75, 3.05) is 6.54 Å². The highest BCUT2D eigenvalue weighted by atomic mass is 16.4. The largest absolute Gasteiger partial charge is 0.481 e. The first kappa shape index (κ1) is 13.4. The molecule has 0 radical (unpaired) electrons. The van der Waals surface area contributed by atoms with Crippen molar-refractivity contribution < 1.29 is 14.7 Å². The minimum Gasteiger partial charge on any atom is -0.481 e. The molecule has 1 fully saturated rings. The lowest BCUT2D eigenvalue weighted by Gasteiger charge is -2.22. The van der Waals surface area contributed by atoms with Gasteiger partial charge in [0, 0.05) is 30.4 Å². The smallest absolute Gasteiger partial charge is 0.317 e. The van der Waals surface area contributed by atoms with Crippen LogP contribution in [0.2, 0.25) is 0 Å². The third-order valence-corrected chi connectivity index (χ3v) is 3.18. The van der Waals surface area contributed by atoms with Gasteiger partial charge in [0.25, 0.3) is 0 Å². The molecule has 7 nitrogen and oxygen atoms in total. The molecule has 0 unspecified atom stereocenters. The van der Waals surface area contributed by atoms with Crippen LogP contribution in [0, 0.1) is 6.92 Å². The van der Waals surface area contributed by atoms with Crippen molar-refractivity contribution in [3.63, 3.8) is 0 Å². The summed E-state index contributed by atoms with van der Waals surface area (Å²) in [5, 5.41) is 18.2. The van der Waals surface area contributed by atoms with E-state index in [1.165, 1.54) is 0 Å². The van der Waals surface area contributed by atoms with Crippen LogP contribution in [0.25, 0.3) is 0 Å².